The Morgan fingerprint density at radius 1 is 1.31 bits per heavy atom. The lowest BCUT2D eigenvalue weighted by atomic mass is 10.2. The number of carbonyl (C=O) groups is 2. The molecule has 1 aromatic rings. The van der Waals surface area contributed by atoms with Gasteiger partial charge in [0.2, 0.25) is 0 Å². The Labute approximate surface area is 93.2 Å². The van der Waals surface area contributed by atoms with Crippen molar-refractivity contribution < 1.29 is 14.0 Å². The van der Waals surface area contributed by atoms with Crippen molar-refractivity contribution in [2.75, 3.05) is 0 Å². The predicted molar refractivity (Wildman–Crippen MR) is 57.0 cm³/mol. The molecular formula is C11H14N2O3. The zero-order valence-corrected chi connectivity index (χ0v) is 8.86. The number of hydrogen-bond acceptors (Lipinski definition) is 3. The van der Waals surface area contributed by atoms with Gasteiger partial charge in [-0.1, -0.05) is 12.8 Å². The Morgan fingerprint density at radius 2 is 2.06 bits per heavy atom. The molecule has 0 bridgehead atoms. The van der Waals surface area contributed by atoms with Crippen LogP contribution < -0.4 is 10.6 Å². The summed E-state index contributed by atoms with van der Waals surface area (Å²) in [5.74, 6) is -0.373. The number of hydrogen-bond donors (Lipinski definition) is 2. The van der Waals surface area contributed by atoms with Gasteiger partial charge in [0.1, 0.15) is 0 Å². The fourth-order valence-corrected chi connectivity index (χ4v) is 1.86. The molecule has 1 saturated carbocycles. The topological polar surface area (TPSA) is 71.3 Å². The van der Waals surface area contributed by atoms with Crippen molar-refractivity contribution in [1.82, 2.24) is 10.6 Å². The molecule has 2 rings (SSSR count). The quantitative estimate of drug-likeness (QED) is 0.799. The number of carbonyl (C=O) groups excluding carboxylic acids is 2. The molecule has 1 heterocycles. The number of amides is 3. The molecule has 0 atom stereocenters. The van der Waals surface area contributed by atoms with Gasteiger partial charge < -0.3 is 9.73 Å². The van der Waals surface area contributed by atoms with Gasteiger partial charge in [0, 0.05) is 6.04 Å². The average Bonchev–Trinajstić information content (AvgIpc) is 2.88. The van der Waals surface area contributed by atoms with E-state index in [-0.39, 0.29) is 11.8 Å². The molecule has 2 N–H and O–H groups in total. The highest BCUT2D eigenvalue weighted by Gasteiger charge is 2.19. The lowest BCUT2D eigenvalue weighted by Gasteiger charge is -2.11. The summed E-state index contributed by atoms with van der Waals surface area (Å²) >= 11 is 0. The summed E-state index contributed by atoms with van der Waals surface area (Å²) in [5.41, 5.74) is 0. The van der Waals surface area contributed by atoms with Crippen LogP contribution in [0.15, 0.2) is 22.8 Å². The molecule has 1 aliphatic carbocycles. The van der Waals surface area contributed by atoms with Gasteiger partial charge in [0.05, 0.1) is 6.26 Å². The number of urea groups is 1. The molecule has 0 radical (unpaired) electrons. The second-order valence-electron chi connectivity index (χ2n) is 3.89. The highest BCUT2D eigenvalue weighted by Crippen LogP contribution is 2.17. The standard InChI is InChI=1S/C11H14N2O3/c14-10(9-6-3-7-16-9)13-11(15)12-8-4-1-2-5-8/h3,6-8H,1-2,4-5H2,(H2,12,13,14,15). The summed E-state index contributed by atoms with van der Waals surface area (Å²) in [6.07, 6.45) is 5.64. The first-order valence-corrected chi connectivity index (χ1v) is 5.41. The van der Waals surface area contributed by atoms with Gasteiger partial charge in [-0.05, 0) is 25.0 Å². The molecule has 16 heavy (non-hydrogen) atoms. The highest BCUT2D eigenvalue weighted by molar-refractivity contribution is 6.02. The largest absolute Gasteiger partial charge is 0.459 e. The molecule has 5 heteroatoms. The predicted octanol–water partition coefficient (Wildman–Crippen LogP) is 1.66. The van der Waals surface area contributed by atoms with Crippen molar-refractivity contribution in [3.05, 3.63) is 24.2 Å². The lowest BCUT2D eigenvalue weighted by molar-refractivity contribution is 0.0936. The van der Waals surface area contributed by atoms with Crippen molar-refractivity contribution in [3.8, 4) is 0 Å². The summed E-state index contributed by atoms with van der Waals surface area (Å²) in [7, 11) is 0. The van der Waals surface area contributed by atoms with E-state index in [0.29, 0.717) is 0 Å². The number of imide groups is 1. The van der Waals surface area contributed by atoms with E-state index >= 15 is 0 Å². The molecule has 3 amide bonds. The molecule has 86 valence electrons. The summed E-state index contributed by atoms with van der Waals surface area (Å²) in [5, 5.41) is 4.99. The molecule has 0 saturated heterocycles. The normalized spacial score (nSPS) is 16.0. The lowest BCUT2D eigenvalue weighted by Crippen LogP contribution is -2.43. The van der Waals surface area contributed by atoms with Crippen molar-refractivity contribution >= 4 is 11.9 Å². The van der Waals surface area contributed by atoms with E-state index in [2.05, 4.69) is 10.6 Å². The van der Waals surface area contributed by atoms with Gasteiger partial charge >= 0.3 is 6.03 Å². The highest BCUT2D eigenvalue weighted by atomic mass is 16.3. The molecule has 0 spiro atoms. The minimum Gasteiger partial charge on any atom is -0.459 e. The van der Waals surface area contributed by atoms with Gasteiger partial charge in [0.25, 0.3) is 5.91 Å². The summed E-state index contributed by atoms with van der Waals surface area (Å²) in [4.78, 5) is 22.8. The zero-order chi connectivity index (χ0) is 11.4. The van der Waals surface area contributed by atoms with Crippen molar-refractivity contribution in [2.45, 2.75) is 31.7 Å². The third kappa shape index (κ3) is 2.62. The number of nitrogens with one attached hydrogen (secondary N) is 2. The van der Waals surface area contributed by atoms with Crippen LogP contribution >= 0.6 is 0 Å². The Balaban J connectivity index is 1.80. The van der Waals surface area contributed by atoms with Crippen molar-refractivity contribution in [3.63, 3.8) is 0 Å². The van der Waals surface area contributed by atoms with Crippen LogP contribution in [-0.2, 0) is 0 Å². The maximum atomic E-state index is 11.4. The number of furan rings is 1. The third-order valence-corrected chi connectivity index (χ3v) is 2.66. The minimum absolute atomic E-state index is 0.140. The zero-order valence-electron chi connectivity index (χ0n) is 8.86. The van der Waals surface area contributed by atoms with Crippen LogP contribution in [0.25, 0.3) is 0 Å². The van der Waals surface area contributed by atoms with E-state index in [1.54, 1.807) is 6.07 Å². The molecule has 5 nitrogen and oxygen atoms in total. The molecule has 1 fully saturated rings. The maximum Gasteiger partial charge on any atom is 0.322 e. The Bertz CT molecular complexity index is 367. The molecular weight excluding hydrogens is 208 g/mol. The first kappa shape index (κ1) is 10.7. The van der Waals surface area contributed by atoms with Crippen molar-refractivity contribution in [2.24, 2.45) is 0 Å². The summed E-state index contributed by atoms with van der Waals surface area (Å²) in [6, 6.07) is 2.86. The first-order valence-electron chi connectivity index (χ1n) is 5.41. The fourth-order valence-electron chi connectivity index (χ4n) is 1.86. The van der Waals surface area contributed by atoms with E-state index in [9.17, 15) is 9.59 Å². The maximum absolute atomic E-state index is 11.4. The Hall–Kier alpha value is -1.78. The Kier molecular flexibility index (Phi) is 3.24. The van der Waals surface area contributed by atoms with Crippen LogP contribution in [0.5, 0.6) is 0 Å². The van der Waals surface area contributed by atoms with Crippen LogP contribution in [0.1, 0.15) is 36.2 Å². The van der Waals surface area contributed by atoms with Gasteiger partial charge in [0.15, 0.2) is 5.76 Å². The smallest absolute Gasteiger partial charge is 0.322 e. The number of rotatable bonds is 2. The summed E-state index contributed by atoms with van der Waals surface area (Å²) in [6.45, 7) is 0. The van der Waals surface area contributed by atoms with Crippen LogP contribution in [0.3, 0.4) is 0 Å². The average molecular weight is 222 g/mol. The SMILES string of the molecule is O=C(NC(=O)c1ccco1)NC1CCCC1. The van der Waals surface area contributed by atoms with Gasteiger partial charge in [-0.3, -0.25) is 10.1 Å². The fraction of sp³-hybridized carbons (Fsp3) is 0.455. The van der Waals surface area contributed by atoms with E-state index in [1.165, 1.54) is 12.3 Å². The monoisotopic (exact) mass is 222 g/mol. The first-order chi connectivity index (χ1) is 7.75. The molecule has 0 aromatic carbocycles. The second-order valence-corrected chi connectivity index (χ2v) is 3.89. The van der Waals surface area contributed by atoms with Crippen LogP contribution in [-0.4, -0.2) is 18.0 Å². The minimum atomic E-state index is -0.513. The van der Waals surface area contributed by atoms with Gasteiger partial charge in [-0.15, -0.1) is 0 Å². The second kappa shape index (κ2) is 4.83. The molecule has 0 unspecified atom stereocenters. The van der Waals surface area contributed by atoms with E-state index in [4.69, 9.17) is 4.42 Å². The molecule has 1 aliphatic rings. The van der Waals surface area contributed by atoms with Gasteiger partial charge in [-0.25, -0.2) is 4.79 Å². The molecule has 1 aromatic heterocycles. The Morgan fingerprint density at radius 3 is 2.69 bits per heavy atom. The van der Waals surface area contributed by atoms with Crippen LogP contribution in [0.2, 0.25) is 0 Å². The third-order valence-electron chi connectivity index (χ3n) is 2.66. The van der Waals surface area contributed by atoms with Crippen LogP contribution in [0, 0.1) is 0 Å². The van der Waals surface area contributed by atoms with E-state index in [0.717, 1.165) is 25.7 Å². The summed E-state index contributed by atoms with van der Waals surface area (Å²) < 4.78 is 4.87. The molecule has 0 aliphatic heterocycles. The van der Waals surface area contributed by atoms with E-state index < -0.39 is 11.9 Å². The van der Waals surface area contributed by atoms with E-state index in [1.807, 2.05) is 0 Å². The van der Waals surface area contributed by atoms with Crippen LogP contribution in [0.4, 0.5) is 4.79 Å². The van der Waals surface area contributed by atoms with Crippen molar-refractivity contribution in [1.29, 1.82) is 0 Å². The van der Waals surface area contributed by atoms with Gasteiger partial charge in [-0.2, -0.15) is 0 Å².